The van der Waals surface area contributed by atoms with Crippen molar-refractivity contribution in [3.63, 3.8) is 0 Å². The highest BCUT2D eigenvalue weighted by Crippen LogP contribution is 2.48. The highest BCUT2D eigenvalue weighted by molar-refractivity contribution is 9.10. The molecule has 0 bridgehead atoms. The van der Waals surface area contributed by atoms with Gasteiger partial charge in [-0.1, -0.05) is 30.3 Å². The number of rotatable bonds is 5. The van der Waals surface area contributed by atoms with Gasteiger partial charge < -0.3 is 25.3 Å². The van der Waals surface area contributed by atoms with Crippen molar-refractivity contribution in [1.29, 1.82) is 0 Å². The molecule has 1 aliphatic carbocycles. The Morgan fingerprint density at radius 2 is 2.00 bits per heavy atom. The van der Waals surface area contributed by atoms with E-state index < -0.39 is 11.7 Å². The maximum absolute atomic E-state index is 13.1. The third kappa shape index (κ3) is 5.36. The molecule has 3 atom stereocenters. The molecule has 3 aromatic rings. The van der Waals surface area contributed by atoms with Gasteiger partial charge in [-0.2, -0.15) is 0 Å². The molecule has 0 unspecified atom stereocenters. The Balaban J connectivity index is 1.34. The minimum absolute atomic E-state index is 0.0267. The third-order valence-corrected chi connectivity index (χ3v) is 7.28. The van der Waals surface area contributed by atoms with Crippen molar-refractivity contribution in [2.75, 3.05) is 23.3 Å². The smallest absolute Gasteiger partial charge is 0.407 e. The van der Waals surface area contributed by atoms with Crippen LogP contribution in [0.2, 0.25) is 0 Å². The molecule has 0 radical (unpaired) electrons. The summed E-state index contributed by atoms with van der Waals surface area (Å²) in [6.07, 6.45) is 5.84. The Hall–Kier alpha value is -3.07. The molecule has 0 spiro atoms. The van der Waals surface area contributed by atoms with Crippen LogP contribution in [0.15, 0.2) is 47.2 Å². The van der Waals surface area contributed by atoms with E-state index in [0.29, 0.717) is 12.2 Å². The fourth-order valence-corrected chi connectivity index (χ4v) is 5.57. The maximum Gasteiger partial charge on any atom is 0.407 e. The predicted molar refractivity (Wildman–Crippen MR) is 144 cm³/mol. The molecule has 1 aromatic carbocycles. The van der Waals surface area contributed by atoms with Crippen molar-refractivity contribution in [2.45, 2.75) is 57.6 Å². The highest BCUT2D eigenvalue weighted by atomic mass is 79.9. The quantitative estimate of drug-likeness (QED) is 0.384. The molecule has 36 heavy (non-hydrogen) atoms. The maximum atomic E-state index is 13.1. The average molecular weight is 554 g/mol. The SMILES string of the molecule is CC(C)(C)OC(=O)N[C@@H]1CCCN(c2c(Br)cnc3[nH]cc(NC(=O)[C@@H]4C[C@H]4c4ccccc4)c23)C1. The fraction of sp³-hybridized carbons (Fsp3) is 0.444. The van der Waals surface area contributed by atoms with Gasteiger partial charge in [-0.25, -0.2) is 9.78 Å². The standard InChI is InChI=1S/C27H32BrN5O3/c1-27(2,3)36-26(35)31-17-10-7-11-33(15-17)23-20(28)13-29-24-22(23)21(14-30-24)32-25(34)19-12-18(19)16-8-5-4-6-9-16/h4-6,8-9,13-14,17-19H,7,10-12,15H2,1-3H3,(H,29,30)(H,31,35)(H,32,34)/t17-,18+,19-/m1/s1. The number of nitrogens with one attached hydrogen (secondary N) is 3. The van der Waals surface area contributed by atoms with Gasteiger partial charge in [0.2, 0.25) is 5.91 Å². The summed E-state index contributed by atoms with van der Waals surface area (Å²) in [5.41, 5.74) is 3.06. The van der Waals surface area contributed by atoms with Gasteiger partial charge in [0.05, 0.1) is 21.2 Å². The van der Waals surface area contributed by atoms with E-state index in [4.69, 9.17) is 4.74 Å². The number of piperidine rings is 1. The second kappa shape index (κ2) is 9.76. The van der Waals surface area contributed by atoms with Gasteiger partial charge >= 0.3 is 6.09 Å². The molecular weight excluding hydrogens is 522 g/mol. The first-order valence-corrected chi connectivity index (χ1v) is 13.2. The topological polar surface area (TPSA) is 99.3 Å². The van der Waals surface area contributed by atoms with Crippen LogP contribution in [0.25, 0.3) is 11.0 Å². The molecule has 190 valence electrons. The largest absolute Gasteiger partial charge is 0.444 e. The van der Waals surface area contributed by atoms with Crippen LogP contribution in [-0.2, 0) is 9.53 Å². The van der Waals surface area contributed by atoms with Crippen LogP contribution in [0.4, 0.5) is 16.2 Å². The Bertz CT molecular complexity index is 1270. The molecule has 1 saturated heterocycles. The van der Waals surface area contributed by atoms with Gasteiger partial charge in [0, 0.05) is 37.4 Å². The number of alkyl carbamates (subject to hydrolysis) is 1. The molecular formula is C27H32BrN5O3. The lowest BCUT2D eigenvalue weighted by molar-refractivity contribution is -0.117. The summed E-state index contributed by atoms with van der Waals surface area (Å²) < 4.78 is 6.30. The first kappa shape index (κ1) is 24.6. The molecule has 3 heterocycles. The zero-order chi connectivity index (χ0) is 25.4. The van der Waals surface area contributed by atoms with Gasteiger partial charge in [0.15, 0.2) is 0 Å². The number of amides is 2. The van der Waals surface area contributed by atoms with E-state index in [1.54, 1.807) is 6.20 Å². The van der Waals surface area contributed by atoms with Crippen LogP contribution in [0.5, 0.6) is 0 Å². The van der Waals surface area contributed by atoms with E-state index in [1.807, 2.05) is 45.2 Å². The number of fused-ring (bicyclic) bond motifs is 1. The molecule has 1 aliphatic heterocycles. The number of carbonyl (C=O) groups is 2. The molecule has 1 saturated carbocycles. The summed E-state index contributed by atoms with van der Waals surface area (Å²) in [5.74, 6) is 0.264. The number of hydrogen-bond donors (Lipinski definition) is 3. The number of nitrogens with zero attached hydrogens (tertiary/aromatic N) is 2. The summed E-state index contributed by atoms with van der Waals surface area (Å²) in [4.78, 5) is 35.5. The van der Waals surface area contributed by atoms with E-state index in [0.717, 1.165) is 47.0 Å². The normalized spacial score (nSPS) is 21.8. The number of hydrogen-bond acceptors (Lipinski definition) is 5. The minimum Gasteiger partial charge on any atom is -0.444 e. The van der Waals surface area contributed by atoms with Gasteiger partial charge in [0.1, 0.15) is 11.2 Å². The van der Waals surface area contributed by atoms with Crippen LogP contribution in [0.1, 0.15) is 51.5 Å². The van der Waals surface area contributed by atoms with E-state index >= 15 is 0 Å². The zero-order valence-electron chi connectivity index (χ0n) is 20.8. The average Bonchev–Trinajstić information content (AvgIpc) is 3.54. The van der Waals surface area contributed by atoms with Crippen LogP contribution in [0.3, 0.4) is 0 Å². The van der Waals surface area contributed by atoms with Crippen molar-refractivity contribution < 1.29 is 14.3 Å². The van der Waals surface area contributed by atoms with E-state index in [2.05, 4.69) is 53.6 Å². The summed E-state index contributed by atoms with van der Waals surface area (Å²) >= 11 is 3.69. The Kier molecular flexibility index (Phi) is 6.68. The van der Waals surface area contributed by atoms with Crippen molar-refractivity contribution >= 4 is 50.3 Å². The number of benzene rings is 1. The van der Waals surface area contributed by atoms with Crippen LogP contribution in [0, 0.1) is 5.92 Å². The number of ether oxygens (including phenoxy) is 1. The van der Waals surface area contributed by atoms with Crippen LogP contribution >= 0.6 is 15.9 Å². The van der Waals surface area contributed by atoms with Crippen LogP contribution in [-0.4, -0.2) is 46.7 Å². The Morgan fingerprint density at radius 1 is 1.22 bits per heavy atom. The number of carbonyl (C=O) groups excluding carboxylic acids is 2. The fourth-order valence-electron chi connectivity index (χ4n) is 5.01. The van der Waals surface area contributed by atoms with Crippen molar-refractivity contribution in [2.24, 2.45) is 5.92 Å². The van der Waals surface area contributed by atoms with Crippen molar-refractivity contribution in [1.82, 2.24) is 15.3 Å². The molecule has 2 aromatic heterocycles. The first-order valence-electron chi connectivity index (χ1n) is 12.5. The number of halogens is 1. The zero-order valence-corrected chi connectivity index (χ0v) is 22.4. The van der Waals surface area contributed by atoms with Crippen LogP contribution < -0.4 is 15.5 Å². The van der Waals surface area contributed by atoms with Gasteiger partial charge in [-0.05, 0) is 67.4 Å². The molecule has 5 rings (SSSR count). The second-order valence-corrected chi connectivity index (χ2v) is 11.5. The molecule has 9 heteroatoms. The minimum atomic E-state index is -0.544. The molecule has 2 aliphatic rings. The lowest BCUT2D eigenvalue weighted by Crippen LogP contribution is -2.49. The molecule has 2 amide bonds. The number of anilines is 2. The third-order valence-electron chi connectivity index (χ3n) is 6.70. The Labute approximate surface area is 219 Å². The van der Waals surface area contributed by atoms with Crippen molar-refractivity contribution in [3.8, 4) is 0 Å². The van der Waals surface area contributed by atoms with Gasteiger partial charge in [0.25, 0.3) is 0 Å². The number of pyridine rings is 1. The summed E-state index contributed by atoms with van der Waals surface area (Å²) in [6, 6.07) is 10.1. The second-order valence-electron chi connectivity index (χ2n) is 10.7. The highest BCUT2D eigenvalue weighted by Gasteiger charge is 2.44. The van der Waals surface area contributed by atoms with Gasteiger partial charge in [-0.3, -0.25) is 4.79 Å². The van der Waals surface area contributed by atoms with Crippen molar-refractivity contribution in [3.05, 3.63) is 52.8 Å². The molecule has 2 fully saturated rings. The van der Waals surface area contributed by atoms with E-state index in [9.17, 15) is 9.59 Å². The lowest BCUT2D eigenvalue weighted by Gasteiger charge is -2.36. The number of H-pyrrole nitrogens is 1. The van der Waals surface area contributed by atoms with E-state index in [1.165, 1.54) is 5.56 Å². The predicted octanol–water partition coefficient (Wildman–Crippen LogP) is 5.56. The summed E-state index contributed by atoms with van der Waals surface area (Å²) in [6.45, 7) is 7.04. The monoisotopic (exact) mass is 553 g/mol. The molecule has 8 nitrogen and oxygen atoms in total. The molecule has 3 N–H and O–H groups in total. The number of aromatic amines is 1. The summed E-state index contributed by atoms with van der Waals surface area (Å²) in [7, 11) is 0. The van der Waals surface area contributed by atoms with E-state index in [-0.39, 0.29) is 23.8 Å². The van der Waals surface area contributed by atoms with Gasteiger partial charge in [-0.15, -0.1) is 0 Å². The Morgan fingerprint density at radius 3 is 2.75 bits per heavy atom. The summed E-state index contributed by atoms with van der Waals surface area (Å²) in [5, 5.41) is 7.04. The first-order chi connectivity index (χ1) is 17.2. The lowest BCUT2D eigenvalue weighted by atomic mass is 10.0. The number of aromatic nitrogens is 2.